The average Bonchev–Trinajstić information content (AvgIpc) is 2.57. The Morgan fingerprint density at radius 3 is 2.42 bits per heavy atom. The lowest BCUT2D eigenvalue weighted by Crippen LogP contribution is -3.11. The Morgan fingerprint density at radius 2 is 1.73 bits per heavy atom. The summed E-state index contributed by atoms with van der Waals surface area (Å²) in [7, 11) is 1.66. The zero-order valence-electron chi connectivity index (χ0n) is 15.0. The van der Waals surface area contributed by atoms with Gasteiger partial charge in [-0.1, -0.05) is 19.8 Å². The third-order valence-electron chi connectivity index (χ3n) is 4.69. The lowest BCUT2D eigenvalue weighted by atomic mass is 9.86. The van der Waals surface area contributed by atoms with E-state index in [0.717, 1.165) is 31.4 Å². The molecule has 26 heavy (non-hydrogen) atoms. The van der Waals surface area contributed by atoms with Crippen LogP contribution in [-0.2, 0) is 9.59 Å². The number of hydrogen-bond acceptors (Lipinski definition) is 2. The first-order valence-electron chi connectivity index (χ1n) is 8.82. The molecule has 0 spiro atoms. The van der Waals surface area contributed by atoms with Crippen molar-refractivity contribution in [1.29, 1.82) is 0 Å². The fourth-order valence-electron chi connectivity index (χ4n) is 3.22. The van der Waals surface area contributed by atoms with E-state index in [1.807, 2.05) is 0 Å². The van der Waals surface area contributed by atoms with Crippen molar-refractivity contribution in [3.8, 4) is 0 Å². The van der Waals surface area contributed by atoms with Gasteiger partial charge in [-0.3, -0.25) is 9.59 Å². The second kappa shape index (κ2) is 9.02. The van der Waals surface area contributed by atoms with Gasteiger partial charge in [-0.2, -0.15) is 0 Å². The first-order chi connectivity index (χ1) is 12.3. The van der Waals surface area contributed by atoms with Crippen LogP contribution >= 0.6 is 0 Å². The molecule has 3 atom stereocenters. The van der Waals surface area contributed by atoms with Gasteiger partial charge in [-0.15, -0.1) is 0 Å². The van der Waals surface area contributed by atoms with Gasteiger partial charge >= 0.3 is 0 Å². The highest BCUT2D eigenvalue weighted by atomic mass is 19.2. The molecule has 5 nitrogen and oxygen atoms in total. The number of likely N-dealkylation sites (N-methyl/N-ethyl adjacent to an activating group) is 1. The summed E-state index contributed by atoms with van der Waals surface area (Å²) in [5.74, 6) is -4.70. The lowest BCUT2D eigenvalue weighted by Gasteiger charge is -2.29. The Labute approximate surface area is 150 Å². The van der Waals surface area contributed by atoms with Crippen LogP contribution in [0.4, 0.5) is 18.9 Å². The molecule has 0 aliphatic heterocycles. The number of anilines is 1. The molecule has 1 aliphatic rings. The van der Waals surface area contributed by atoms with E-state index in [1.165, 1.54) is 6.42 Å². The number of nitrogens with one attached hydrogen (secondary N) is 3. The number of amides is 2. The van der Waals surface area contributed by atoms with E-state index in [9.17, 15) is 22.8 Å². The molecule has 0 bridgehead atoms. The minimum absolute atomic E-state index is 0.0941. The summed E-state index contributed by atoms with van der Waals surface area (Å²) < 4.78 is 39.6. The van der Waals surface area contributed by atoms with Crippen LogP contribution in [0.3, 0.4) is 0 Å². The van der Waals surface area contributed by atoms with Crippen molar-refractivity contribution in [3.63, 3.8) is 0 Å². The zero-order valence-corrected chi connectivity index (χ0v) is 15.0. The molecule has 2 rings (SSSR count). The van der Waals surface area contributed by atoms with Crippen molar-refractivity contribution < 1.29 is 27.7 Å². The summed E-state index contributed by atoms with van der Waals surface area (Å²) in [5, 5.41) is 5.20. The van der Waals surface area contributed by atoms with E-state index in [-0.39, 0.29) is 25.0 Å². The maximum absolute atomic E-state index is 13.6. The number of carbonyl (C=O) groups excluding carboxylic acids is 2. The molecule has 8 heteroatoms. The van der Waals surface area contributed by atoms with Gasteiger partial charge in [0.05, 0.1) is 12.7 Å². The Balaban J connectivity index is 1.81. The van der Waals surface area contributed by atoms with Crippen molar-refractivity contribution in [2.24, 2.45) is 5.92 Å². The predicted octanol–water partition coefficient (Wildman–Crippen LogP) is 1.25. The zero-order chi connectivity index (χ0) is 19.3. The van der Waals surface area contributed by atoms with Crippen LogP contribution in [0.25, 0.3) is 0 Å². The molecule has 1 aromatic rings. The number of quaternary nitrogens is 1. The first kappa shape index (κ1) is 20.2. The fourth-order valence-corrected chi connectivity index (χ4v) is 3.22. The molecule has 0 aromatic heterocycles. The van der Waals surface area contributed by atoms with Crippen LogP contribution in [0.5, 0.6) is 0 Å². The number of carbonyl (C=O) groups is 2. The molecule has 1 unspecified atom stereocenters. The Bertz CT molecular complexity index is 669. The summed E-state index contributed by atoms with van der Waals surface area (Å²) in [6, 6.07) is 1.86. The molecule has 2 amide bonds. The highest BCUT2D eigenvalue weighted by molar-refractivity contribution is 5.91. The first-order valence-corrected chi connectivity index (χ1v) is 8.82. The smallest absolute Gasteiger partial charge is 0.279 e. The largest absolute Gasteiger partial charge is 0.348 e. The molecule has 1 saturated carbocycles. The average molecular weight is 372 g/mol. The number of benzene rings is 1. The van der Waals surface area contributed by atoms with Crippen molar-refractivity contribution in [2.75, 3.05) is 25.5 Å². The standard InChI is InChI=1S/C18H24F3N3O2/c1-11-5-3-4-6-13(11)22-15(25)9-24(2)10-16(26)23-14-8-7-12(19)17(20)18(14)21/h7-8,11,13H,3-6,9-10H2,1-2H3,(H,22,25)(H,23,26)/p+1/t11-,13+/m0/s1. The molecule has 1 aliphatic carbocycles. The van der Waals surface area contributed by atoms with E-state index in [0.29, 0.717) is 10.8 Å². The summed E-state index contributed by atoms with van der Waals surface area (Å²) in [6.45, 7) is 2.10. The van der Waals surface area contributed by atoms with Gasteiger partial charge < -0.3 is 15.5 Å². The van der Waals surface area contributed by atoms with Gasteiger partial charge in [0, 0.05) is 6.04 Å². The quantitative estimate of drug-likeness (QED) is 0.659. The maximum Gasteiger partial charge on any atom is 0.279 e. The SMILES string of the molecule is C[C@H]1CCCC[C@H]1NC(=O)C[NH+](C)CC(=O)Nc1ccc(F)c(F)c1F. The Morgan fingerprint density at radius 1 is 1.08 bits per heavy atom. The minimum Gasteiger partial charge on any atom is -0.348 e. The van der Waals surface area contributed by atoms with E-state index < -0.39 is 29.0 Å². The van der Waals surface area contributed by atoms with Crippen LogP contribution in [0.2, 0.25) is 0 Å². The fraction of sp³-hybridized carbons (Fsp3) is 0.556. The topological polar surface area (TPSA) is 62.6 Å². The molecule has 1 aromatic carbocycles. The summed E-state index contributed by atoms with van der Waals surface area (Å²) in [5.41, 5.74) is -0.429. The molecule has 0 heterocycles. The van der Waals surface area contributed by atoms with E-state index >= 15 is 0 Å². The minimum atomic E-state index is -1.63. The molecule has 144 valence electrons. The Kier molecular flexibility index (Phi) is 7.02. The van der Waals surface area contributed by atoms with E-state index in [4.69, 9.17) is 0 Å². The van der Waals surface area contributed by atoms with Crippen LogP contribution < -0.4 is 15.5 Å². The summed E-state index contributed by atoms with van der Waals surface area (Å²) in [6.07, 6.45) is 4.33. The summed E-state index contributed by atoms with van der Waals surface area (Å²) in [4.78, 5) is 24.7. The molecule has 3 N–H and O–H groups in total. The van der Waals surface area contributed by atoms with E-state index in [1.54, 1.807) is 7.05 Å². The summed E-state index contributed by atoms with van der Waals surface area (Å²) >= 11 is 0. The monoisotopic (exact) mass is 372 g/mol. The maximum atomic E-state index is 13.6. The molecular weight excluding hydrogens is 347 g/mol. The van der Waals surface area contributed by atoms with Gasteiger partial charge in [0.15, 0.2) is 30.5 Å². The number of hydrogen-bond donors (Lipinski definition) is 3. The van der Waals surface area contributed by atoms with Crippen LogP contribution in [0.15, 0.2) is 12.1 Å². The van der Waals surface area contributed by atoms with Gasteiger partial charge in [-0.25, -0.2) is 13.2 Å². The normalized spacial score (nSPS) is 21.1. The highest BCUT2D eigenvalue weighted by Crippen LogP contribution is 2.23. The Hall–Kier alpha value is -2.09. The van der Waals surface area contributed by atoms with Crippen molar-refractivity contribution >= 4 is 17.5 Å². The molecule has 1 fully saturated rings. The van der Waals surface area contributed by atoms with Crippen LogP contribution in [-0.4, -0.2) is 38.0 Å². The molecule has 0 radical (unpaired) electrons. The van der Waals surface area contributed by atoms with Gasteiger partial charge in [0.2, 0.25) is 0 Å². The lowest BCUT2D eigenvalue weighted by molar-refractivity contribution is -0.862. The van der Waals surface area contributed by atoms with Crippen LogP contribution in [0.1, 0.15) is 32.6 Å². The number of halogens is 3. The predicted molar refractivity (Wildman–Crippen MR) is 91.1 cm³/mol. The highest BCUT2D eigenvalue weighted by Gasteiger charge is 2.24. The third kappa shape index (κ3) is 5.45. The van der Waals surface area contributed by atoms with Crippen LogP contribution in [0, 0.1) is 23.4 Å². The second-order valence-corrected chi connectivity index (χ2v) is 7.02. The van der Waals surface area contributed by atoms with E-state index in [2.05, 4.69) is 17.6 Å². The molecule has 0 saturated heterocycles. The number of rotatable bonds is 6. The van der Waals surface area contributed by atoms with Gasteiger partial charge in [0.25, 0.3) is 11.8 Å². The van der Waals surface area contributed by atoms with Gasteiger partial charge in [0.1, 0.15) is 0 Å². The third-order valence-corrected chi connectivity index (χ3v) is 4.69. The second-order valence-electron chi connectivity index (χ2n) is 7.02. The molecular formula is C18H25F3N3O2+. The van der Waals surface area contributed by atoms with Gasteiger partial charge in [-0.05, 0) is 30.9 Å². The van der Waals surface area contributed by atoms with Crippen molar-refractivity contribution in [2.45, 2.75) is 38.6 Å². The van der Waals surface area contributed by atoms with Crippen molar-refractivity contribution in [1.82, 2.24) is 5.32 Å². The van der Waals surface area contributed by atoms with Crippen molar-refractivity contribution in [3.05, 3.63) is 29.6 Å².